The zero-order chi connectivity index (χ0) is 11.4. The van der Waals surface area contributed by atoms with Gasteiger partial charge < -0.3 is 10.1 Å². The molecule has 2 rings (SSSR count). The SMILES string of the molecule is Fc1cc(Br)cnc1NCC1CCCOC1. The van der Waals surface area contributed by atoms with Gasteiger partial charge in [0.15, 0.2) is 11.6 Å². The molecule has 16 heavy (non-hydrogen) atoms. The number of pyridine rings is 1. The number of aromatic nitrogens is 1. The molecule has 0 radical (unpaired) electrons. The molecule has 1 fully saturated rings. The maximum atomic E-state index is 13.4. The number of rotatable bonds is 3. The third-order valence-corrected chi connectivity index (χ3v) is 3.05. The first-order valence-electron chi connectivity index (χ1n) is 5.38. The third-order valence-electron chi connectivity index (χ3n) is 2.62. The van der Waals surface area contributed by atoms with Crippen molar-refractivity contribution < 1.29 is 9.13 Å². The van der Waals surface area contributed by atoms with Gasteiger partial charge in [0, 0.05) is 23.8 Å². The Balaban J connectivity index is 1.88. The van der Waals surface area contributed by atoms with Crippen molar-refractivity contribution in [2.45, 2.75) is 12.8 Å². The Hall–Kier alpha value is -0.680. The number of anilines is 1. The molecule has 1 saturated heterocycles. The Morgan fingerprint density at radius 3 is 3.19 bits per heavy atom. The van der Waals surface area contributed by atoms with Crippen LogP contribution >= 0.6 is 15.9 Å². The van der Waals surface area contributed by atoms with E-state index >= 15 is 0 Å². The van der Waals surface area contributed by atoms with E-state index in [1.54, 1.807) is 6.20 Å². The average molecular weight is 289 g/mol. The van der Waals surface area contributed by atoms with Crippen LogP contribution < -0.4 is 5.32 Å². The van der Waals surface area contributed by atoms with Crippen molar-refractivity contribution in [1.82, 2.24) is 4.98 Å². The van der Waals surface area contributed by atoms with E-state index in [1.807, 2.05) is 0 Å². The second-order valence-corrected chi connectivity index (χ2v) is 4.86. The van der Waals surface area contributed by atoms with Crippen LogP contribution in [0.3, 0.4) is 0 Å². The van der Waals surface area contributed by atoms with Crippen LogP contribution in [0.4, 0.5) is 10.2 Å². The highest BCUT2D eigenvalue weighted by atomic mass is 79.9. The lowest BCUT2D eigenvalue weighted by Crippen LogP contribution is -2.24. The van der Waals surface area contributed by atoms with Gasteiger partial charge >= 0.3 is 0 Å². The van der Waals surface area contributed by atoms with Crippen molar-refractivity contribution >= 4 is 21.7 Å². The Morgan fingerprint density at radius 1 is 1.62 bits per heavy atom. The zero-order valence-corrected chi connectivity index (χ0v) is 10.5. The molecule has 1 N–H and O–H groups in total. The minimum Gasteiger partial charge on any atom is -0.381 e. The third kappa shape index (κ3) is 3.15. The van der Waals surface area contributed by atoms with Crippen molar-refractivity contribution in [2.75, 3.05) is 25.1 Å². The number of nitrogens with one attached hydrogen (secondary N) is 1. The van der Waals surface area contributed by atoms with E-state index in [9.17, 15) is 4.39 Å². The fraction of sp³-hybridized carbons (Fsp3) is 0.545. The summed E-state index contributed by atoms with van der Waals surface area (Å²) >= 11 is 3.17. The van der Waals surface area contributed by atoms with Crippen molar-refractivity contribution in [3.63, 3.8) is 0 Å². The number of halogens is 2. The van der Waals surface area contributed by atoms with Crippen LogP contribution in [0.5, 0.6) is 0 Å². The van der Waals surface area contributed by atoms with E-state index < -0.39 is 0 Å². The first-order valence-corrected chi connectivity index (χ1v) is 6.17. The summed E-state index contributed by atoms with van der Waals surface area (Å²) in [6.45, 7) is 2.32. The summed E-state index contributed by atoms with van der Waals surface area (Å²) in [7, 11) is 0. The van der Waals surface area contributed by atoms with Gasteiger partial charge in [-0.1, -0.05) is 0 Å². The van der Waals surface area contributed by atoms with Crippen LogP contribution in [0.1, 0.15) is 12.8 Å². The van der Waals surface area contributed by atoms with Gasteiger partial charge in [-0.3, -0.25) is 0 Å². The summed E-state index contributed by atoms with van der Waals surface area (Å²) in [6, 6.07) is 1.41. The van der Waals surface area contributed by atoms with Gasteiger partial charge in [0.2, 0.25) is 0 Å². The predicted octanol–water partition coefficient (Wildman–Crippen LogP) is 2.82. The molecule has 1 aromatic heterocycles. The first kappa shape index (κ1) is 11.8. The smallest absolute Gasteiger partial charge is 0.166 e. The van der Waals surface area contributed by atoms with Gasteiger partial charge in [-0.2, -0.15) is 0 Å². The normalized spacial score (nSPS) is 20.8. The molecule has 0 saturated carbocycles. The Labute approximate surface area is 103 Å². The molecular weight excluding hydrogens is 275 g/mol. The molecule has 3 nitrogen and oxygen atoms in total. The summed E-state index contributed by atoms with van der Waals surface area (Å²) in [5.74, 6) is 0.443. The van der Waals surface area contributed by atoms with Gasteiger partial charge in [0.1, 0.15) is 0 Å². The summed E-state index contributed by atoms with van der Waals surface area (Å²) in [5.41, 5.74) is 0. The highest BCUT2D eigenvalue weighted by molar-refractivity contribution is 9.10. The maximum absolute atomic E-state index is 13.4. The van der Waals surface area contributed by atoms with Crippen LogP contribution in [0.15, 0.2) is 16.7 Å². The van der Waals surface area contributed by atoms with E-state index in [1.165, 1.54) is 6.07 Å². The molecule has 5 heteroatoms. The molecule has 88 valence electrons. The largest absolute Gasteiger partial charge is 0.381 e. The molecule has 0 aliphatic carbocycles. The van der Waals surface area contributed by atoms with Gasteiger partial charge in [-0.15, -0.1) is 0 Å². The van der Waals surface area contributed by atoms with Gasteiger partial charge in [-0.25, -0.2) is 9.37 Å². The van der Waals surface area contributed by atoms with Crippen molar-refractivity contribution in [2.24, 2.45) is 5.92 Å². The monoisotopic (exact) mass is 288 g/mol. The van der Waals surface area contributed by atoms with E-state index in [0.717, 1.165) is 26.1 Å². The fourth-order valence-electron chi connectivity index (χ4n) is 1.75. The summed E-state index contributed by atoms with van der Waals surface area (Å²) in [6.07, 6.45) is 3.80. The molecule has 1 atom stereocenters. The molecule has 0 spiro atoms. The lowest BCUT2D eigenvalue weighted by atomic mass is 10.0. The van der Waals surface area contributed by atoms with Crippen LogP contribution in [-0.4, -0.2) is 24.7 Å². The Bertz CT molecular complexity index is 356. The zero-order valence-electron chi connectivity index (χ0n) is 8.88. The Kier molecular flexibility index (Phi) is 4.12. The van der Waals surface area contributed by atoms with Crippen molar-refractivity contribution in [3.8, 4) is 0 Å². The molecule has 1 aliphatic heterocycles. The van der Waals surface area contributed by atoms with Gasteiger partial charge in [0.25, 0.3) is 0 Å². The Morgan fingerprint density at radius 2 is 2.50 bits per heavy atom. The van der Waals surface area contributed by atoms with E-state index in [-0.39, 0.29) is 5.82 Å². The lowest BCUT2D eigenvalue weighted by Gasteiger charge is -2.22. The van der Waals surface area contributed by atoms with Gasteiger partial charge in [-0.05, 0) is 40.8 Å². The summed E-state index contributed by atoms with van der Waals surface area (Å²) in [4.78, 5) is 3.99. The number of ether oxygens (including phenoxy) is 1. The maximum Gasteiger partial charge on any atom is 0.166 e. The summed E-state index contributed by atoms with van der Waals surface area (Å²) < 4.78 is 19.4. The average Bonchev–Trinajstić information content (AvgIpc) is 2.29. The molecule has 2 heterocycles. The minimum absolute atomic E-state index is 0.314. The van der Waals surface area contributed by atoms with Crippen molar-refractivity contribution in [1.29, 1.82) is 0 Å². The van der Waals surface area contributed by atoms with E-state index in [4.69, 9.17) is 4.74 Å². The van der Waals surface area contributed by atoms with Crippen LogP contribution in [-0.2, 0) is 4.74 Å². The van der Waals surface area contributed by atoms with E-state index in [2.05, 4.69) is 26.2 Å². The number of hydrogen-bond donors (Lipinski definition) is 1. The number of hydrogen-bond acceptors (Lipinski definition) is 3. The van der Waals surface area contributed by atoms with Crippen LogP contribution in [0.25, 0.3) is 0 Å². The molecule has 1 aliphatic rings. The predicted molar refractivity (Wildman–Crippen MR) is 63.9 cm³/mol. The molecule has 1 aromatic rings. The topological polar surface area (TPSA) is 34.2 Å². The highest BCUT2D eigenvalue weighted by Crippen LogP contribution is 2.18. The van der Waals surface area contributed by atoms with Crippen molar-refractivity contribution in [3.05, 3.63) is 22.6 Å². The second kappa shape index (κ2) is 5.59. The molecular formula is C11H14BrFN2O. The molecule has 0 bridgehead atoms. The fourth-order valence-corrected chi connectivity index (χ4v) is 2.06. The molecule has 1 unspecified atom stereocenters. The second-order valence-electron chi connectivity index (χ2n) is 3.95. The first-order chi connectivity index (χ1) is 7.75. The lowest BCUT2D eigenvalue weighted by molar-refractivity contribution is 0.0594. The molecule has 0 amide bonds. The van der Waals surface area contributed by atoms with Gasteiger partial charge in [0.05, 0.1) is 6.61 Å². The minimum atomic E-state index is -0.328. The van der Waals surface area contributed by atoms with Crippen LogP contribution in [0.2, 0.25) is 0 Å². The number of nitrogens with zero attached hydrogens (tertiary/aromatic N) is 1. The standard InChI is InChI=1S/C11H14BrFN2O/c12-9-4-10(13)11(15-6-9)14-5-8-2-1-3-16-7-8/h4,6,8H,1-3,5,7H2,(H,14,15). The quantitative estimate of drug-likeness (QED) is 0.929. The molecule has 0 aromatic carbocycles. The highest BCUT2D eigenvalue weighted by Gasteiger charge is 2.14. The summed E-state index contributed by atoms with van der Waals surface area (Å²) in [5, 5.41) is 3.02. The van der Waals surface area contributed by atoms with Crippen LogP contribution in [0, 0.1) is 11.7 Å². The van der Waals surface area contributed by atoms with E-state index in [0.29, 0.717) is 22.8 Å².